The molecule has 0 aliphatic rings. The van der Waals surface area contributed by atoms with E-state index < -0.39 is 16.7 Å². The maximum atomic E-state index is 11.8. The highest BCUT2D eigenvalue weighted by Gasteiger charge is 2.18. The van der Waals surface area contributed by atoms with Crippen molar-refractivity contribution in [2.75, 3.05) is 13.7 Å². The number of furan rings is 1. The third-order valence-corrected chi connectivity index (χ3v) is 3.34. The van der Waals surface area contributed by atoms with E-state index in [1.807, 2.05) is 16.8 Å². The molecule has 2 aromatic heterocycles. The number of thiophene rings is 1. The molecule has 0 aliphatic carbocycles. The number of hydrogen-bond donors (Lipinski definition) is 1. The molecule has 0 aromatic carbocycles. The van der Waals surface area contributed by atoms with Crippen molar-refractivity contribution in [2.24, 2.45) is 0 Å². The van der Waals surface area contributed by atoms with E-state index >= 15 is 0 Å². The van der Waals surface area contributed by atoms with Gasteiger partial charge in [-0.2, -0.15) is 11.3 Å². The Hall–Kier alpha value is -2.19. The van der Waals surface area contributed by atoms with Crippen LogP contribution in [0.1, 0.15) is 22.2 Å². The molecule has 0 fully saturated rings. The number of ether oxygens (including phenoxy) is 1. The predicted octanol–water partition coefficient (Wildman–Crippen LogP) is 2.37. The highest BCUT2D eigenvalue weighted by molar-refractivity contribution is 7.07. The molecule has 7 nitrogen and oxygen atoms in total. The Morgan fingerprint density at radius 2 is 2.35 bits per heavy atom. The van der Waals surface area contributed by atoms with Gasteiger partial charge in [-0.3, -0.25) is 14.9 Å². The average molecular weight is 296 g/mol. The second kappa shape index (κ2) is 6.31. The van der Waals surface area contributed by atoms with Crippen molar-refractivity contribution in [3.05, 3.63) is 50.4 Å². The summed E-state index contributed by atoms with van der Waals surface area (Å²) in [4.78, 5) is 21.6. The zero-order valence-electron chi connectivity index (χ0n) is 10.6. The van der Waals surface area contributed by atoms with E-state index in [0.717, 1.165) is 11.6 Å². The first-order valence-corrected chi connectivity index (χ1v) is 6.63. The normalized spacial score (nSPS) is 12.1. The number of hydrogen-bond acceptors (Lipinski definition) is 6. The summed E-state index contributed by atoms with van der Waals surface area (Å²) < 4.78 is 10.1. The molecule has 2 heterocycles. The van der Waals surface area contributed by atoms with Gasteiger partial charge in [0.2, 0.25) is 0 Å². The summed E-state index contributed by atoms with van der Waals surface area (Å²) >= 11 is 1.53. The zero-order chi connectivity index (χ0) is 14.5. The van der Waals surface area contributed by atoms with E-state index in [9.17, 15) is 14.9 Å². The first kappa shape index (κ1) is 14.2. The van der Waals surface area contributed by atoms with Crippen molar-refractivity contribution >= 4 is 23.1 Å². The molecule has 0 saturated carbocycles. The van der Waals surface area contributed by atoms with Gasteiger partial charge >= 0.3 is 5.88 Å². The highest BCUT2D eigenvalue weighted by atomic mass is 32.1. The standard InChI is InChI=1S/C12H12N2O5S/c1-18-10(8-4-5-20-7-8)6-13-12(15)9-2-3-11(19-9)14(16)17/h2-5,7,10H,6H2,1H3,(H,13,15). The molecule has 0 bridgehead atoms. The Balaban J connectivity index is 1.95. The van der Waals surface area contributed by atoms with Crippen molar-refractivity contribution in [2.45, 2.75) is 6.10 Å². The lowest BCUT2D eigenvalue weighted by atomic mass is 10.2. The number of amides is 1. The molecule has 0 radical (unpaired) electrons. The van der Waals surface area contributed by atoms with Gasteiger partial charge < -0.3 is 14.5 Å². The largest absolute Gasteiger partial charge is 0.433 e. The lowest BCUT2D eigenvalue weighted by Gasteiger charge is -2.14. The lowest BCUT2D eigenvalue weighted by Crippen LogP contribution is -2.28. The Kier molecular flexibility index (Phi) is 4.49. The van der Waals surface area contributed by atoms with Gasteiger partial charge in [0, 0.05) is 13.7 Å². The third-order valence-electron chi connectivity index (χ3n) is 2.64. The number of nitro groups is 1. The molecule has 2 rings (SSSR count). The van der Waals surface area contributed by atoms with Gasteiger partial charge in [-0.25, -0.2) is 0 Å². The monoisotopic (exact) mass is 296 g/mol. The smallest absolute Gasteiger partial charge is 0.395 e. The fourth-order valence-electron chi connectivity index (χ4n) is 1.62. The summed E-state index contributed by atoms with van der Waals surface area (Å²) in [6, 6.07) is 4.31. The maximum Gasteiger partial charge on any atom is 0.433 e. The average Bonchev–Trinajstić information content (AvgIpc) is 3.10. The summed E-state index contributed by atoms with van der Waals surface area (Å²) in [5.74, 6) is -1.08. The Morgan fingerprint density at radius 3 is 2.90 bits per heavy atom. The molecular formula is C12H12N2O5S. The molecule has 0 spiro atoms. The van der Waals surface area contributed by atoms with E-state index in [0.29, 0.717) is 0 Å². The molecular weight excluding hydrogens is 284 g/mol. The van der Waals surface area contributed by atoms with Crippen LogP contribution < -0.4 is 5.32 Å². The number of rotatable bonds is 6. The predicted molar refractivity (Wildman–Crippen MR) is 71.8 cm³/mol. The minimum absolute atomic E-state index is 0.100. The molecule has 0 saturated heterocycles. The molecule has 0 aliphatic heterocycles. The molecule has 1 atom stereocenters. The SMILES string of the molecule is COC(CNC(=O)c1ccc([N+](=O)[O-])o1)c1ccsc1. The van der Waals surface area contributed by atoms with Gasteiger partial charge in [-0.1, -0.05) is 0 Å². The fraction of sp³-hybridized carbons (Fsp3) is 0.250. The fourth-order valence-corrected chi connectivity index (χ4v) is 2.32. The number of carbonyl (C=O) groups excluding carboxylic acids is 1. The molecule has 1 unspecified atom stereocenters. The van der Waals surface area contributed by atoms with E-state index in [2.05, 4.69) is 5.32 Å². The highest BCUT2D eigenvalue weighted by Crippen LogP contribution is 2.19. The van der Waals surface area contributed by atoms with Crippen LogP contribution in [0.25, 0.3) is 0 Å². The van der Waals surface area contributed by atoms with E-state index in [-0.39, 0.29) is 18.4 Å². The molecule has 2 aromatic rings. The number of carbonyl (C=O) groups is 1. The van der Waals surface area contributed by atoms with Gasteiger partial charge in [-0.15, -0.1) is 0 Å². The van der Waals surface area contributed by atoms with Crippen LogP contribution in [-0.2, 0) is 4.74 Å². The second-order valence-electron chi connectivity index (χ2n) is 3.89. The molecule has 8 heteroatoms. The summed E-state index contributed by atoms with van der Waals surface area (Å²) in [5.41, 5.74) is 0.961. The van der Waals surface area contributed by atoms with Crippen LogP contribution >= 0.6 is 11.3 Å². The van der Waals surface area contributed by atoms with Gasteiger partial charge in [-0.05, 0) is 28.5 Å². The summed E-state index contributed by atoms with van der Waals surface area (Å²) in [6.45, 7) is 0.251. The van der Waals surface area contributed by atoms with Crippen molar-refractivity contribution in [3.63, 3.8) is 0 Å². The van der Waals surface area contributed by atoms with Crippen molar-refractivity contribution in [1.82, 2.24) is 5.32 Å². The summed E-state index contributed by atoms with van der Waals surface area (Å²) in [6.07, 6.45) is -0.268. The second-order valence-corrected chi connectivity index (χ2v) is 4.67. The number of nitrogens with one attached hydrogen (secondary N) is 1. The Labute approximate surface area is 118 Å². The zero-order valence-corrected chi connectivity index (χ0v) is 11.4. The minimum Gasteiger partial charge on any atom is -0.395 e. The van der Waals surface area contributed by atoms with E-state index in [1.165, 1.54) is 17.4 Å². The van der Waals surface area contributed by atoms with Gasteiger partial charge in [0.1, 0.15) is 11.0 Å². The summed E-state index contributed by atoms with van der Waals surface area (Å²) in [7, 11) is 1.55. The molecule has 1 amide bonds. The van der Waals surface area contributed by atoms with Gasteiger partial charge in [0.15, 0.2) is 5.76 Å². The first-order valence-electron chi connectivity index (χ1n) is 5.69. The number of methoxy groups -OCH3 is 1. The van der Waals surface area contributed by atoms with Gasteiger partial charge in [0.25, 0.3) is 5.91 Å². The van der Waals surface area contributed by atoms with Crippen LogP contribution in [0.2, 0.25) is 0 Å². The maximum absolute atomic E-state index is 11.8. The molecule has 106 valence electrons. The minimum atomic E-state index is -0.694. The van der Waals surface area contributed by atoms with Crippen LogP contribution in [0.4, 0.5) is 5.88 Å². The first-order chi connectivity index (χ1) is 9.61. The van der Waals surface area contributed by atoms with Crippen molar-refractivity contribution in [3.8, 4) is 0 Å². The van der Waals surface area contributed by atoms with Crippen LogP contribution in [0.5, 0.6) is 0 Å². The topological polar surface area (TPSA) is 94.6 Å². The van der Waals surface area contributed by atoms with Crippen LogP contribution in [0, 0.1) is 10.1 Å². The van der Waals surface area contributed by atoms with E-state index in [1.54, 1.807) is 7.11 Å². The van der Waals surface area contributed by atoms with Crippen molar-refractivity contribution < 1.29 is 18.9 Å². The van der Waals surface area contributed by atoms with Crippen LogP contribution in [0.3, 0.4) is 0 Å². The van der Waals surface area contributed by atoms with Crippen LogP contribution in [0.15, 0.2) is 33.4 Å². The molecule has 20 heavy (non-hydrogen) atoms. The van der Waals surface area contributed by atoms with E-state index in [4.69, 9.17) is 9.15 Å². The van der Waals surface area contributed by atoms with Gasteiger partial charge in [0.05, 0.1) is 6.07 Å². The Bertz CT molecular complexity index is 593. The number of nitrogens with zero attached hydrogens (tertiary/aromatic N) is 1. The third kappa shape index (κ3) is 3.22. The lowest BCUT2D eigenvalue weighted by molar-refractivity contribution is -0.402. The van der Waals surface area contributed by atoms with Crippen LogP contribution in [-0.4, -0.2) is 24.5 Å². The summed E-state index contributed by atoms with van der Waals surface area (Å²) in [5, 5.41) is 16.9. The van der Waals surface area contributed by atoms with Crippen molar-refractivity contribution in [1.29, 1.82) is 0 Å². The quantitative estimate of drug-likeness (QED) is 0.652. The Morgan fingerprint density at radius 1 is 1.55 bits per heavy atom. The molecule has 1 N–H and O–H groups in total.